The number of hydrogen-bond acceptors (Lipinski definition) is 3. The molecule has 0 aromatic heterocycles. The summed E-state index contributed by atoms with van der Waals surface area (Å²) in [7, 11) is 0. The van der Waals surface area contributed by atoms with Crippen molar-refractivity contribution in [1.82, 2.24) is 0 Å². The summed E-state index contributed by atoms with van der Waals surface area (Å²) in [5.74, 6) is 0. The van der Waals surface area contributed by atoms with Crippen molar-refractivity contribution < 1.29 is 14.6 Å². The van der Waals surface area contributed by atoms with Gasteiger partial charge < -0.3 is 14.6 Å². The number of unbranched alkanes of at least 4 members (excludes halogenated alkanes) is 30. The number of rotatable bonds is 40. The van der Waals surface area contributed by atoms with Crippen molar-refractivity contribution in [1.29, 1.82) is 0 Å². The molecule has 0 fully saturated rings. The van der Waals surface area contributed by atoms with Crippen LogP contribution in [0.3, 0.4) is 0 Å². The third-order valence-corrected chi connectivity index (χ3v) is 9.48. The lowest BCUT2D eigenvalue weighted by Gasteiger charge is -2.18. The smallest absolute Gasteiger partial charge is 0.0809 e. The Morgan fingerprint density at radius 2 is 0.659 bits per heavy atom. The molecule has 1 N–H and O–H groups in total. The number of aliphatic hydroxyl groups excluding tert-OH is 1. The van der Waals surface area contributed by atoms with Crippen molar-refractivity contribution in [2.24, 2.45) is 0 Å². The maximum absolute atomic E-state index is 9.27. The summed E-state index contributed by atoms with van der Waals surface area (Å²) in [4.78, 5) is 0. The first-order chi connectivity index (χ1) is 21.8. The van der Waals surface area contributed by atoms with Gasteiger partial charge in [0.25, 0.3) is 0 Å². The van der Waals surface area contributed by atoms with Crippen LogP contribution in [0.4, 0.5) is 0 Å². The Morgan fingerprint density at radius 1 is 0.364 bits per heavy atom. The minimum absolute atomic E-state index is 0.152. The summed E-state index contributed by atoms with van der Waals surface area (Å²) in [6, 6.07) is 0. The lowest BCUT2D eigenvalue weighted by molar-refractivity contribution is -0.0248. The van der Waals surface area contributed by atoms with Gasteiger partial charge in [-0.2, -0.15) is 0 Å². The van der Waals surface area contributed by atoms with E-state index in [0.717, 1.165) is 32.5 Å². The van der Waals surface area contributed by atoms with Gasteiger partial charge in [0.15, 0.2) is 0 Å². The predicted octanol–water partition coefficient (Wildman–Crippen LogP) is 13.7. The lowest BCUT2D eigenvalue weighted by atomic mass is 10.0. The molecule has 0 amide bonds. The zero-order valence-electron chi connectivity index (χ0n) is 30.7. The Kier molecular flexibility index (Phi) is 40.8. The van der Waals surface area contributed by atoms with E-state index in [-0.39, 0.29) is 12.7 Å². The van der Waals surface area contributed by atoms with Crippen molar-refractivity contribution in [3.8, 4) is 0 Å². The van der Waals surface area contributed by atoms with Crippen LogP contribution in [0, 0.1) is 0 Å². The molecular weight excluding hydrogens is 540 g/mol. The molecule has 0 aliphatic carbocycles. The van der Waals surface area contributed by atoms with Crippen LogP contribution in [0.2, 0.25) is 0 Å². The van der Waals surface area contributed by atoms with E-state index in [4.69, 9.17) is 9.47 Å². The van der Waals surface area contributed by atoms with E-state index in [0.29, 0.717) is 6.61 Å². The fourth-order valence-corrected chi connectivity index (χ4v) is 6.40. The molecular formula is C41H84O3. The average Bonchev–Trinajstić information content (AvgIpc) is 3.04. The summed E-state index contributed by atoms with van der Waals surface area (Å²) in [5, 5.41) is 9.27. The molecule has 0 aromatic rings. The van der Waals surface area contributed by atoms with Crippen molar-refractivity contribution in [2.75, 3.05) is 26.4 Å². The van der Waals surface area contributed by atoms with E-state index < -0.39 is 0 Å². The van der Waals surface area contributed by atoms with Crippen LogP contribution in [0.1, 0.15) is 232 Å². The predicted molar refractivity (Wildman–Crippen MR) is 196 cm³/mol. The van der Waals surface area contributed by atoms with Gasteiger partial charge in [0.1, 0.15) is 0 Å². The molecule has 0 spiro atoms. The summed E-state index contributed by atoms with van der Waals surface area (Å²) in [6.07, 6.45) is 46.7. The topological polar surface area (TPSA) is 38.7 Å². The molecule has 266 valence electrons. The van der Waals surface area contributed by atoms with Crippen molar-refractivity contribution >= 4 is 0 Å². The Balaban J connectivity index is 3.43. The van der Waals surface area contributed by atoms with Crippen LogP contribution < -0.4 is 0 Å². The van der Waals surface area contributed by atoms with E-state index in [2.05, 4.69) is 13.8 Å². The van der Waals surface area contributed by atoms with Crippen LogP contribution in [0.15, 0.2) is 0 Å². The first-order valence-electron chi connectivity index (χ1n) is 20.6. The SMILES string of the molecule is CCCCCCCCCCCCCCCCCCOC[C@H](CCCO)OCCCCCCCCCCCCCCCCCC. The highest BCUT2D eigenvalue weighted by molar-refractivity contribution is 4.58. The standard InChI is InChI=1S/C41H84O3/c1-3-5-7-9-11-13-15-17-19-21-23-25-27-29-31-33-38-43-40-41(36-35-37-42)44-39-34-32-30-28-26-24-22-20-18-16-14-12-10-8-6-4-2/h41-42H,3-40H2,1-2H3/t41-/m0/s1. The summed E-state index contributed by atoms with van der Waals surface area (Å²) < 4.78 is 12.1. The van der Waals surface area contributed by atoms with Gasteiger partial charge in [-0.1, -0.05) is 206 Å². The largest absolute Gasteiger partial charge is 0.396 e. The maximum Gasteiger partial charge on any atom is 0.0809 e. The molecule has 44 heavy (non-hydrogen) atoms. The van der Waals surface area contributed by atoms with Crippen LogP contribution in [-0.4, -0.2) is 37.6 Å². The van der Waals surface area contributed by atoms with Crippen LogP contribution in [0.5, 0.6) is 0 Å². The molecule has 3 heteroatoms. The fourth-order valence-electron chi connectivity index (χ4n) is 6.40. The molecule has 0 saturated heterocycles. The first-order valence-corrected chi connectivity index (χ1v) is 20.6. The van der Waals surface area contributed by atoms with Crippen molar-refractivity contribution in [2.45, 2.75) is 238 Å². The Morgan fingerprint density at radius 3 is 0.977 bits per heavy atom. The fraction of sp³-hybridized carbons (Fsp3) is 1.00. The van der Waals surface area contributed by atoms with Gasteiger partial charge in [-0.05, 0) is 25.7 Å². The maximum atomic E-state index is 9.27. The lowest BCUT2D eigenvalue weighted by Crippen LogP contribution is -2.21. The molecule has 3 nitrogen and oxygen atoms in total. The highest BCUT2D eigenvalue weighted by Crippen LogP contribution is 2.16. The van der Waals surface area contributed by atoms with Gasteiger partial charge in [-0.3, -0.25) is 0 Å². The van der Waals surface area contributed by atoms with Gasteiger partial charge in [-0.15, -0.1) is 0 Å². The van der Waals surface area contributed by atoms with E-state index in [1.165, 1.54) is 199 Å². The summed E-state index contributed by atoms with van der Waals surface area (Å²) in [5.41, 5.74) is 0. The Labute approximate surface area is 278 Å². The second-order valence-corrected chi connectivity index (χ2v) is 14.0. The van der Waals surface area contributed by atoms with Gasteiger partial charge in [-0.25, -0.2) is 0 Å². The van der Waals surface area contributed by atoms with Gasteiger partial charge in [0.05, 0.1) is 12.7 Å². The Bertz CT molecular complexity index is 482. The molecule has 0 radical (unpaired) electrons. The number of hydrogen-bond donors (Lipinski definition) is 1. The molecule has 1 atom stereocenters. The second kappa shape index (κ2) is 40.9. The molecule has 0 bridgehead atoms. The van der Waals surface area contributed by atoms with Crippen LogP contribution >= 0.6 is 0 Å². The zero-order chi connectivity index (χ0) is 31.9. The molecule has 0 aliphatic rings. The van der Waals surface area contributed by atoms with E-state index in [1.54, 1.807) is 0 Å². The van der Waals surface area contributed by atoms with E-state index >= 15 is 0 Å². The highest BCUT2D eigenvalue weighted by Gasteiger charge is 2.09. The zero-order valence-corrected chi connectivity index (χ0v) is 30.7. The van der Waals surface area contributed by atoms with Crippen LogP contribution in [0.25, 0.3) is 0 Å². The quantitative estimate of drug-likeness (QED) is 0.0689. The minimum atomic E-state index is 0.152. The van der Waals surface area contributed by atoms with Crippen LogP contribution in [-0.2, 0) is 9.47 Å². The molecule has 0 heterocycles. The Hall–Kier alpha value is -0.120. The normalized spacial score (nSPS) is 12.3. The summed E-state index contributed by atoms with van der Waals surface area (Å²) >= 11 is 0. The van der Waals surface area contributed by atoms with Crippen molar-refractivity contribution in [3.05, 3.63) is 0 Å². The van der Waals surface area contributed by atoms with Gasteiger partial charge >= 0.3 is 0 Å². The molecule has 0 rings (SSSR count). The van der Waals surface area contributed by atoms with Gasteiger partial charge in [0, 0.05) is 19.8 Å². The minimum Gasteiger partial charge on any atom is -0.396 e. The monoisotopic (exact) mass is 625 g/mol. The number of ether oxygens (including phenoxy) is 2. The molecule has 0 unspecified atom stereocenters. The van der Waals surface area contributed by atoms with Crippen molar-refractivity contribution in [3.63, 3.8) is 0 Å². The second-order valence-electron chi connectivity index (χ2n) is 14.0. The molecule has 0 aromatic carbocycles. The first kappa shape index (κ1) is 43.9. The van der Waals surface area contributed by atoms with E-state index in [9.17, 15) is 5.11 Å². The highest BCUT2D eigenvalue weighted by atomic mass is 16.5. The third kappa shape index (κ3) is 38.1. The molecule has 0 saturated carbocycles. The molecule has 0 aliphatic heterocycles. The van der Waals surface area contributed by atoms with Gasteiger partial charge in [0.2, 0.25) is 0 Å². The number of aliphatic hydroxyl groups is 1. The summed E-state index contributed by atoms with van der Waals surface area (Å²) in [6.45, 7) is 7.24. The average molecular weight is 625 g/mol. The van der Waals surface area contributed by atoms with E-state index in [1.807, 2.05) is 0 Å². The third-order valence-electron chi connectivity index (χ3n) is 9.48.